The molecule has 0 unspecified atom stereocenters. The second-order valence-corrected chi connectivity index (χ2v) is 3.55. The predicted molar refractivity (Wildman–Crippen MR) is 58.2 cm³/mol. The number of aliphatic hydroxyl groups is 1. The molecular weight excluding hydrogens is 230 g/mol. The molecule has 2 rings (SSSR count). The Labute approximate surface area is 97.4 Å². The van der Waals surface area contributed by atoms with Crippen molar-refractivity contribution in [1.29, 1.82) is 0 Å². The Morgan fingerprint density at radius 3 is 2.88 bits per heavy atom. The van der Waals surface area contributed by atoms with Crippen LogP contribution >= 0.6 is 11.6 Å². The molecule has 0 aliphatic carbocycles. The molecule has 0 radical (unpaired) electrons. The van der Waals surface area contributed by atoms with Crippen LogP contribution in [0.2, 0.25) is 5.02 Å². The number of aliphatic hydroxyl groups excluding tert-OH is 1. The molecule has 1 N–H and O–H groups in total. The van der Waals surface area contributed by atoms with E-state index in [-0.39, 0.29) is 19.3 Å². The molecule has 0 atom stereocenters. The standard InChI is InChI=1S/C11H10ClNO3/c12-10-4-2-1-3-8(10)6-15-11-13-9(5-14)7-16-11/h1-4,7,14H,5-6H2. The molecule has 1 aromatic carbocycles. The maximum Gasteiger partial charge on any atom is 0.394 e. The zero-order valence-corrected chi connectivity index (χ0v) is 9.15. The van der Waals surface area contributed by atoms with E-state index in [2.05, 4.69) is 4.98 Å². The molecular formula is C11H10ClNO3. The molecule has 5 heteroatoms. The summed E-state index contributed by atoms with van der Waals surface area (Å²) in [6.07, 6.45) is 1.48. The largest absolute Gasteiger partial charge is 0.445 e. The van der Waals surface area contributed by atoms with E-state index in [1.807, 2.05) is 18.2 Å². The van der Waals surface area contributed by atoms with Gasteiger partial charge in [0.1, 0.15) is 18.6 Å². The van der Waals surface area contributed by atoms with Crippen LogP contribution < -0.4 is 4.74 Å². The number of oxazole rings is 1. The van der Waals surface area contributed by atoms with E-state index < -0.39 is 0 Å². The van der Waals surface area contributed by atoms with E-state index in [1.54, 1.807) is 6.07 Å². The molecule has 0 saturated heterocycles. The average Bonchev–Trinajstić information content (AvgIpc) is 2.76. The van der Waals surface area contributed by atoms with Gasteiger partial charge >= 0.3 is 6.08 Å². The fourth-order valence-electron chi connectivity index (χ4n) is 1.18. The summed E-state index contributed by atoms with van der Waals surface area (Å²) in [4.78, 5) is 3.89. The molecule has 1 aromatic heterocycles. The van der Waals surface area contributed by atoms with Gasteiger partial charge in [-0.25, -0.2) is 0 Å². The summed E-state index contributed by atoms with van der Waals surface area (Å²) in [6.45, 7) is 0.115. The highest BCUT2D eigenvalue weighted by molar-refractivity contribution is 6.31. The SMILES string of the molecule is OCc1coc(OCc2ccccc2Cl)n1. The van der Waals surface area contributed by atoms with Crippen molar-refractivity contribution in [2.45, 2.75) is 13.2 Å². The lowest BCUT2D eigenvalue weighted by atomic mass is 10.2. The van der Waals surface area contributed by atoms with Crippen molar-refractivity contribution in [2.75, 3.05) is 0 Å². The van der Waals surface area contributed by atoms with Gasteiger partial charge in [0.15, 0.2) is 0 Å². The third kappa shape index (κ3) is 2.53. The average molecular weight is 240 g/mol. The minimum Gasteiger partial charge on any atom is -0.445 e. The first-order valence-corrected chi connectivity index (χ1v) is 5.09. The van der Waals surface area contributed by atoms with Crippen molar-refractivity contribution in [3.8, 4) is 6.08 Å². The molecule has 16 heavy (non-hydrogen) atoms. The number of halogens is 1. The summed E-state index contributed by atoms with van der Waals surface area (Å²) in [6, 6.07) is 7.37. The monoisotopic (exact) mass is 239 g/mol. The zero-order chi connectivity index (χ0) is 11.4. The van der Waals surface area contributed by atoms with Crippen molar-refractivity contribution >= 4 is 11.6 Å². The number of aromatic nitrogens is 1. The van der Waals surface area contributed by atoms with Gasteiger partial charge in [0, 0.05) is 10.6 Å². The number of nitrogens with zero attached hydrogens (tertiary/aromatic N) is 1. The fraction of sp³-hybridized carbons (Fsp3) is 0.182. The fourth-order valence-corrected chi connectivity index (χ4v) is 1.37. The topological polar surface area (TPSA) is 55.5 Å². The summed E-state index contributed by atoms with van der Waals surface area (Å²) < 4.78 is 10.3. The van der Waals surface area contributed by atoms with Crippen molar-refractivity contribution in [1.82, 2.24) is 4.98 Å². The van der Waals surface area contributed by atoms with Crippen LogP contribution in [0, 0.1) is 0 Å². The molecule has 0 fully saturated rings. The van der Waals surface area contributed by atoms with Crippen LogP contribution in [0.4, 0.5) is 0 Å². The van der Waals surface area contributed by atoms with Gasteiger partial charge in [0.25, 0.3) is 0 Å². The molecule has 0 saturated carbocycles. The van der Waals surface area contributed by atoms with Gasteiger partial charge in [-0.2, -0.15) is 4.98 Å². The van der Waals surface area contributed by atoms with Gasteiger partial charge in [-0.15, -0.1) is 0 Å². The van der Waals surface area contributed by atoms with E-state index in [1.165, 1.54) is 6.26 Å². The molecule has 84 valence electrons. The Morgan fingerprint density at radius 1 is 1.38 bits per heavy atom. The molecule has 2 aromatic rings. The van der Waals surface area contributed by atoms with Crippen LogP contribution in [0.15, 0.2) is 34.9 Å². The van der Waals surface area contributed by atoms with E-state index in [0.29, 0.717) is 10.7 Å². The molecule has 4 nitrogen and oxygen atoms in total. The van der Waals surface area contributed by atoms with E-state index in [9.17, 15) is 0 Å². The van der Waals surface area contributed by atoms with E-state index in [4.69, 9.17) is 25.9 Å². The first-order chi connectivity index (χ1) is 7.79. The van der Waals surface area contributed by atoms with Crippen molar-refractivity contribution in [2.24, 2.45) is 0 Å². The lowest BCUT2D eigenvalue weighted by molar-refractivity contribution is 0.220. The maximum atomic E-state index is 8.78. The predicted octanol–water partition coefficient (Wildman–Crippen LogP) is 2.40. The van der Waals surface area contributed by atoms with Crippen molar-refractivity contribution < 1.29 is 14.3 Å². The number of hydrogen-bond acceptors (Lipinski definition) is 4. The molecule has 0 aliphatic rings. The van der Waals surface area contributed by atoms with Gasteiger partial charge < -0.3 is 14.3 Å². The lowest BCUT2D eigenvalue weighted by Crippen LogP contribution is -1.96. The van der Waals surface area contributed by atoms with Crippen LogP contribution in [0.5, 0.6) is 6.08 Å². The summed E-state index contributed by atoms with van der Waals surface area (Å²) >= 11 is 5.95. The summed E-state index contributed by atoms with van der Waals surface area (Å²) in [5.74, 6) is 0. The van der Waals surface area contributed by atoms with Gasteiger partial charge in [-0.05, 0) is 6.07 Å². The number of ether oxygens (including phenoxy) is 1. The molecule has 0 amide bonds. The first-order valence-electron chi connectivity index (χ1n) is 4.71. The van der Waals surface area contributed by atoms with Gasteiger partial charge in [-0.3, -0.25) is 0 Å². The number of hydrogen-bond donors (Lipinski definition) is 1. The molecule has 1 heterocycles. The number of rotatable bonds is 4. The van der Waals surface area contributed by atoms with Crippen LogP contribution in [0.25, 0.3) is 0 Å². The lowest BCUT2D eigenvalue weighted by Gasteiger charge is -2.03. The van der Waals surface area contributed by atoms with E-state index in [0.717, 1.165) is 5.56 Å². The van der Waals surface area contributed by atoms with Crippen molar-refractivity contribution in [3.63, 3.8) is 0 Å². The Kier molecular flexibility index (Phi) is 3.44. The second-order valence-electron chi connectivity index (χ2n) is 3.14. The van der Waals surface area contributed by atoms with Crippen LogP contribution in [0.1, 0.15) is 11.3 Å². The number of benzene rings is 1. The highest BCUT2D eigenvalue weighted by atomic mass is 35.5. The zero-order valence-electron chi connectivity index (χ0n) is 8.39. The Bertz CT molecular complexity index is 470. The van der Waals surface area contributed by atoms with Gasteiger partial charge in [0.2, 0.25) is 0 Å². The minimum atomic E-state index is -0.168. The molecule has 0 spiro atoms. The summed E-state index contributed by atoms with van der Waals surface area (Å²) in [5.41, 5.74) is 1.29. The quantitative estimate of drug-likeness (QED) is 0.890. The summed E-state index contributed by atoms with van der Waals surface area (Å²) in [5, 5.41) is 9.42. The Balaban J connectivity index is 1.99. The third-order valence-electron chi connectivity index (χ3n) is 2.00. The highest BCUT2D eigenvalue weighted by Gasteiger charge is 2.05. The van der Waals surface area contributed by atoms with Crippen LogP contribution in [-0.2, 0) is 13.2 Å². The van der Waals surface area contributed by atoms with Crippen molar-refractivity contribution in [3.05, 3.63) is 46.8 Å². The smallest absolute Gasteiger partial charge is 0.394 e. The van der Waals surface area contributed by atoms with Crippen LogP contribution in [0.3, 0.4) is 0 Å². The first kappa shape index (κ1) is 11.0. The van der Waals surface area contributed by atoms with Gasteiger partial charge in [-0.1, -0.05) is 29.8 Å². The minimum absolute atomic E-state index is 0.129. The third-order valence-corrected chi connectivity index (χ3v) is 2.37. The summed E-state index contributed by atoms with van der Waals surface area (Å²) in [7, 11) is 0. The van der Waals surface area contributed by atoms with E-state index >= 15 is 0 Å². The Hall–Kier alpha value is -1.52. The molecule has 0 aliphatic heterocycles. The van der Waals surface area contributed by atoms with Crippen LogP contribution in [-0.4, -0.2) is 10.1 Å². The highest BCUT2D eigenvalue weighted by Crippen LogP contribution is 2.18. The normalized spacial score (nSPS) is 10.4. The van der Waals surface area contributed by atoms with Gasteiger partial charge in [0.05, 0.1) is 6.61 Å². The second kappa shape index (κ2) is 5.01. The molecule has 0 bridgehead atoms. The Morgan fingerprint density at radius 2 is 2.19 bits per heavy atom. The maximum absolute atomic E-state index is 8.78.